The van der Waals surface area contributed by atoms with E-state index in [9.17, 15) is 4.79 Å². The first-order valence-electron chi connectivity index (χ1n) is 6.85. The molecule has 20 heavy (non-hydrogen) atoms. The average Bonchev–Trinajstić information content (AvgIpc) is 2.76. The average molecular weight is 298 g/mol. The summed E-state index contributed by atoms with van der Waals surface area (Å²) in [5, 5.41) is 4.07. The Kier molecular flexibility index (Phi) is 5.08. The van der Waals surface area contributed by atoms with Gasteiger partial charge in [0.05, 0.1) is 7.11 Å². The Morgan fingerprint density at radius 2 is 2.10 bits per heavy atom. The predicted octanol–water partition coefficient (Wildman–Crippen LogP) is 1.34. The van der Waals surface area contributed by atoms with Gasteiger partial charge in [0.15, 0.2) is 5.75 Å². The second-order valence-electron chi connectivity index (χ2n) is 4.90. The van der Waals surface area contributed by atoms with Gasteiger partial charge in [0, 0.05) is 13.1 Å². The van der Waals surface area contributed by atoms with E-state index < -0.39 is 5.91 Å². The Hall–Kier alpha value is -1.47. The fourth-order valence-electron chi connectivity index (χ4n) is 2.44. The van der Waals surface area contributed by atoms with Gasteiger partial charge in [0.25, 0.3) is 5.91 Å². The number of primary amides is 1. The first-order chi connectivity index (χ1) is 9.63. The number of ether oxygens (including phenoxy) is 1. The number of nitrogens with zero attached hydrogens (tertiary/aromatic N) is 1. The molecule has 1 aliphatic rings. The van der Waals surface area contributed by atoms with Gasteiger partial charge < -0.3 is 26.4 Å². The van der Waals surface area contributed by atoms with E-state index in [4.69, 9.17) is 16.2 Å². The summed E-state index contributed by atoms with van der Waals surface area (Å²) in [5.41, 5.74) is 11.5. The third kappa shape index (κ3) is 3.34. The molecule has 1 fully saturated rings. The predicted molar refractivity (Wildman–Crippen MR) is 82.6 cm³/mol. The van der Waals surface area contributed by atoms with Crippen LogP contribution in [0.3, 0.4) is 0 Å². The number of nitrogens with one attached hydrogen (secondary N) is 1. The SMILES string of the molecule is COc1c(NCCN2CCCCC2)sc(C(N)=O)c1N. The summed E-state index contributed by atoms with van der Waals surface area (Å²) in [6.07, 6.45) is 3.89. The normalized spacial score (nSPS) is 16.1. The van der Waals surface area contributed by atoms with Gasteiger partial charge in [0.2, 0.25) is 0 Å². The highest BCUT2D eigenvalue weighted by atomic mass is 32.1. The second kappa shape index (κ2) is 6.81. The Labute approximate surface area is 123 Å². The van der Waals surface area contributed by atoms with Gasteiger partial charge >= 0.3 is 0 Å². The fraction of sp³-hybridized carbons (Fsp3) is 0.615. The minimum absolute atomic E-state index is 0.325. The molecule has 0 atom stereocenters. The summed E-state index contributed by atoms with van der Waals surface area (Å²) in [4.78, 5) is 14.1. The van der Waals surface area contributed by atoms with Gasteiger partial charge in [0.1, 0.15) is 15.6 Å². The molecule has 0 radical (unpaired) electrons. The van der Waals surface area contributed by atoms with Crippen LogP contribution in [0.4, 0.5) is 10.7 Å². The van der Waals surface area contributed by atoms with E-state index in [1.807, 2.05) is 0 Å². The maximum absolute atomic E-state index is 11.3. The van der Waals surface area contributed by atoms with Crippen LogP contribution in [-0.2, 0) is 0 Å². The van der Waals surface area contributed by atoms with Crippen molar-refractivity contribution < 1.29 is 9.53 Å². The molecule has 0 saturated carbocycles. The monoisotopic (exact) mass is 298 g/mol. The molecule has 0 spiro atoms. The van der Waals surface area contributed by atoms with Crippen LogP contribution in [-0.4, -0.2) is 44.1 Å². The Balaban J connectivity index is 1.94. The molecule has 0 aromatic carbocycles. The zero-order valence-electron chi connectivity index (χ0n) is 11.8. The summed E-state index contributed by atoms with van der Waals surface area (Å²) in [5.74, 6) is -0.00248. The molecular weight excluding hydrogens is 276 g/mol. The van der Waals surface area contributed by atoms with Gasteiger partial charge in [-0.3, -0.25) is 4.79 Å². The van der Waals surface area contributed by atoms with Crippen LogP contribution in [0, 0.1) is 0 Å². The molecule has 1 aromatic heterocycles. The van der Waals surface area contributed by atoms with Gasteiger partial charge in [-0.15, -0.1) is 11.3 Å². The van der Waals surface area contributed by atoms with Crippen LogP contribution < -0.4 is 21.5 Å². The lowest BCUT2D eigenvalue weighted by atomic mass is 10.1. The number of amides is 1. The third-order valence-electron chi connectivity index (χ3n) is 3.49. The minimum Gasteiger partial charge on any atom is -0.492 e. The molecule has 1 aliphatic heterocycles. The summed E-state index contributed by atoms with van der Waals surface area (Å²) < 4.78 is 5.25. The second-order valence-corrected chi connectivity index (χ2v) is 5.92. The third-order valence-corrected chi connectivity index (χ3v) is 4.65. The van der Waals surface area contributed by atoms with E-state index in [0.717, 1.165) is 31.2 Å². The largest absolute Gasteiger partial charge is 0.492 e. The van der Waals surface area contributed by atoms with Crippen molar-refractivity contribution in [1.29, 1.82) is 0 Å². The quantitative estimate of drug-likeness (QED) is 0.737. The Morgan fingerprint density at radius 3 is 2.70 bits per heavy atom. The number of hydrogen-bond donors (Lipinski definition) is 3. The Bertz CT molecular complexity index is 469. The number of likely N-dealkylation sites (tertiary alicyclic amines) is 1. The molecule has 0 aliphatic carbocycles. The van der Waals surface area contributed by atoms with E-state index in [-0.39, 0.29) is 0 Å². The van der Waals surface area contributed by atoms with E-state index in [2.05, 4.69) is 10.2 Å². The van der Waals surface area contributed by atoms with Gasteiger partial charge in [-0.1, -0.05) is 6.42 Å². The van der Waals surface area contributed by atoms with E-state index in [1.165, 1.54) is 30.6 Å². The number of anilines is 2. The van der Waals surface area contributed by atoms with Crippen LogP contribution in [0.5, 0.6) is 5.75 Å². The smallest absolute Gasteiger partial charge is 0.261 e. The number of methoxy groups -OCH3 is 1. The zero-order valence-corrected chi connectivity index (χ0v) is 12.6. The molecule has 1 saturated heterocycles. The van der Waals surface area contributed by atoms with Crippen molar-refractivity contribution in [2.24, 2.45) is 5.73 Å². The number of piperidine rings is 1. The Morgan fingerprint density at radius 1 is 1.40 bits per heavy atom. The summed E-state index contributed by atoms with van der Waals surface area (Å²) in [6.45, 7) is 4.11. The number of thiophene rings is 1. The van der Waals surface area contributed by atoms with Crippen LogP contribution in [0.15, 0.2) is 0 Å². The van der Waals surface area contributed by atoms with Crippen molar-refractivity contribution in [3.63, 3.8) is 0 Å². The van der Waals surface area contributed by atoms with Crippen molar-refractivity contribution in [1.82, 2.24) is 4.90 Å². The molecule has 7 heteroatoms. The molecule has 2 heterocycles. The molecule has 0 bridgehead atoms. The van der Waals surface area contributed by atoms with Crippen LogP contribution in [0.25, 0.3) is 0 Å². The summed E-state index contributed by atoms with van der Waals surface area (Å²) in [6, 6.07) is 0. The summed E-state index contributed by atoms with van der Waals surface area (Å²) in [7, 11) is 1.54. The first-order valence-corrected chi connectivity index (χ1v) is 7.67. The van der Waals surface area contributed by atoms with Crippen molar-refractivity contribution in [2.75, 3.05) is 44.3 Å². The van der Waals surface area contributed by atoms with E-state index in [0.29, 0.717) is 16.3 Å². The molecular formula is C13H22N4O2S. The molecule has 1 amide bonds. The molecule has 5 N–H and O–H groups in total. The van der Waals surface area contributed by atoms with Crippen molar-refractivity contribution in [3.8, 4) is 5.75 Å². The number of nitrogens with two attached hydrogens (primary N) is 2. The lowest BCUT2D eigenvalue weighted by Gasteiger charge is -2.26. The van der Waals surface area contributed by atoms with Crippen molar-refractivity contribution >= 4 is 27.9 Å². The van der Waals surface area contributed by atoms with Crippen LogP contribution in [0.2, 0.25) is 0 Å². The van der Waals surface area contributed by atoms with Gasteiger partial charge in [-0.05, 0) is 25.9 Å². The highest BCUT2D eigenvalue weighted by Gasteiger charge is 2.20. The molecule has 0 unspecified atom stereocenters. The van der Waals surface area contributed by atoms with Crippen LogP contribution >= 0.6 is 11.3 Å². The highest BCUT2D eigenvalue weighted by molar-refractivity contribution is 7.19. The number of nitrogen functional groups attached to an aromatic ring is 1. The van der Waals surface area contributed by atoms with Gasteiger partial charge in [-0.2, -0.15) is 0 Å². The standard InChI is InChI=1S/C13H22N4O2S/c1-19-10-9(14)11(12(15)18)20-13(10)16-5-8-17-6-3-2-4-7-17/h16H,2-8,14H2,1H3,(H2,15,18). The molecule has 112 valence electrons. The lowest BCUT2D eigenvalue weighted by Crippen LogP contribution is -2.33. The van der Waals surface area contributed by atoms with Crippen LogP contribution in [0.1, 0.15) is 28.9 Å². The first kappa shape index (κ1) is 14.9. The molecule has 6 nitrogen and oxygen atoms in total. The van der Waals surface area contributed by atoms with Gasteiger partial charge in [-0.25, -0.2) is 0 Å². The molecule has 1 aromatic rings. The van der Waals surface area contributed by atoms with E-state index >= 15 is 0 Å². The van der Waals surface area contributed by atoms with Crippen molar-refractivity contribution in [2.45, 2.75) is 19.3 Å². The number of carbonyl (C=O) groups is 1. The highest BCUT2D eigenvalue weighted by Crippen LogP contribution is 2.41. The zero-order chi connectivity index (χ0) is 14.5. The maximum Gasteiger partial charge on any atom is 0.261 e. The summed E-state index contributed by atoms with van der Waals surface area (Å²) >= 11 is 1.25. The number of rotatable bonds is 6. The van der Waals surface area contributed by atoms with E-state index in [1.54, 1.807) is 7.11 Å². The lowest BCUT2D eigenvalue weighted by molar-refractivity contribution is 0.100. The number of carbonyl (C=O) groups excluding carboxylic acids is 1. The number of hydrogen-bond acceptors (Lipinski definition) is 6. The maximum atomic E-state index is 11.3. The topological polar surface area (TPSA) is 93.6 Å². The minimum atomic E-state index is -0.519. The molecule has 2 rings (SSSR count). The fourth-order valence-corrected chi connectivity index (χ4v) is 3.41. The van der Waals surface area contributed by atoms with Crippen molar-refractivity contribution in [3.05, 3.63) is 4.88 Å².